The molecule has 4 rings (SSSR count). The average Bonchev–Trinajstić information content (AvgIpc) is 3.59. The summed E-state index contributed by atoms with van der Waals surface area (Å²) in [5, 5.41) is 3.09. The monoisotopic (exact) mass is 393 g/mol. The van der Waals surface area contributed by atoms with Crippen molar-refractivity contribution in [1.82, 2.24) is 4.90 Å². The highest BCUT2D eigenvalue weighted by atomic mass is 16.5. The van der Waals surface area contributed by atoms with Crippen molar-refractivity contribution in [3.05, 3.63) is 54.1 Å². The van der Waals surface area contributed by atoms with E-state index in [1.165, 1.54) is 24.1 Å². The van der Waals surface area contributed by atoms with Crippen molar-refractivity contribution in [2.24, 2.45) is 5.92 Å². The molecule has 2 aromatic carbocycles. The minimum atomic E-state index is 0.0880. The zero-order valence-electron chi connectivity index (χ0n) is 17.4. The van der Waals surface area contributed by atoms with Gasteiger partial charge in [0.15, 0.2) is 0 Å². The maximum Gasteiger partial charge on any atom is 0.224 e. The number of nitrogens with one attached hydrogen (secondary N) is 1. The molecule has 1 saturated carbocycles. The first-order valence-corrected chi connectivity index (χ1v) is 10.6. The Morgan fingerprint density at radius 3 is 2.28 bits per heavy atom. The van der Waals surface area contributed by atoms with Gasteiger partial charge in [-0.3, -0.25) is 4.79 Å². The number of hydrogen-bond donors (Lipinski definition) is 1. The van der Waals surface area contributed by atoms with Gasteiger partial charge in [-0.15, -0.1) is 0 Å². The number of anilines is 2. The lowest BCUT2D eigenvalue weighted by atomic mass is 9.90. The van der Waals surface area contributed by atoms with E-state index in [9.17, 15) is 4.79 Å². The number of nitrogens with zero attached hydrogens (tertiary/aromatic N) is 2. The number of piperazine rings is 1. The van der Waals surface area contributed by atoms with E-state index in [2.05, 4.69) is 46.4 Å². The van der Waals surface area contributed by atoms with E-state index >= 15 is 0 Å². The van der Waals surface area contributed by atoms with Crippen LogP contribution in [0.3, 0.4) is 0 Å². The largest absolute Gasteiger partial charge is 0.497 e. The van der Waals surface area contributed by atoms with Crippen LogP contribution in [0.4, 0.5) is 11.4 Å². The molecule has 5 nitrogen and oxygen atoms in total. The fourth-order valence-electron chi connectivity index (χ4n) is 4.14. The summed E-state index contributed by atoms with van der Waals surface area (Å²) < 4.78 is 5.26. The molecule has 2 aliphatic rings. The Labute approximate surface area is 173 Å². The van der Waals surface area contributed by atoms with Gasteiger partial charge in [-0.25, -0.2) is 0 Å². The third kappa shape index (κ3) is 5.10. The Bertz CT molecular complexity index is 807. The molecule has 29 heavy (non-hydrogen) atoms. The lowest BCUT2D eigenvalue weighted by Gasteiger charge is -2.34. The number of methoxy groups -OCH3 is 1. The van der Waals surface area contributed by atoms with Gasteiger partial charge < -0.3 is 19.9 Å². The van der Waals surface area contributed by atoms with Crippen molar-refractivity contribution in [2.45, 2.75) is 25.2 Å². The minimum Gasteiger partial charge on any atom is -0.497 e. The molecule has 1 saturated heterocycles. The number of rotatable bonds is 7. The van der Waals surface area contributed by atoms with Gasteiger partial charge >= 0.3 is 0 Å². The first kappa shape index (κ1) is 19.8. The second kappa shape index (κ2) is 8.87. The fourth-order valence-corrected chi connectivity index (χ4v) is 4.14. The summed E-state index contributed by atoms with van der Waals surface area (Å²) >= 11 is 0. The van der Waals surface area contributed by atoms with Crippen LogP contribution in [-0.4, -0.2) is 51.1 Å². The Morgan fingerprint density at radius 2 is 1.69 bits per heavy atom. The molecule has 2 fully saturated rings. The van der Waals surface area contributed by atoms with Crippen LogP contribution in [0.2, 0.25) is 0 Å². The molecule has 1 N–H and O–H groups in total. The summed E-state index contributed by atoms with van der Waals surface area (Å²) in [6.07, 6.45) is 2.95. The van der Waals surface area contributed by atoms with E-state index in [-0.39, 0.29) is 11.8 Å². The van der Waals surface area contributed by atoms with Crippen molar-refractivity contribution in [3.63, 3.8) is 0 Å². The summed E-state index contributed by atoms with van der Waals surface area (Å²) in [6, 6.07) is 16.4. The molecule has 1 aliphatic carbocycles. The van der Waals surface area contributed by atoms with Crippen LogP contribution < -0.4 is 15.0 Å². The lowest BCUT2D eigenvalue weighted by molar-refractivity contribution is -0.116. The van der Waals surface area contributed by atoms with Gasteiger partial charge in [0, 0.05) is 44.0 Å². The van der Waals surface area contributed by atoms with Crippen LogP contribution in [-0.2, 0) is 4.79 Å². The molecule has 154 valence electrons. The predicted molar refractivity (Wildman–Crippen MR) is 118 cm³/mol. The van der Waals surface area contributed by atoms with Crippen LogP contribution in [0.25, 0.3) is 0 Å². The van der Waals surface area contributed by atoms with Crippen molar-refractivity contribution in [3.8, 4) is 5.75 Å². The number of amides is 1. The topological polar surface area (TPSA) is 44.8 Å². The number of carbonyl (C=O) groups excluding carboxylic acids is 1. The van der Waals surface area contributed by atoms with Crippen molar-refractivity contribution in [1.29, 1.82) is 0 Å². The number of hydrogen-bond acceptors (Lipinski definition) is 4. The number of carbonyl (C=O) groups is 1. The normalized spacial score (nSPS) is 18.3. The first-order valence-electron chi connectivity index (χ1n) is 10.6. The van der Waals surface area contributed by atoms with E-state index in [0.29, 0.717) is 12.3 Å². The van der Waals surface area contributed by atoms with Crippen LogP contribution in [0.1, 0.15) is 30.7 Å². The van der Waals surface area contributed by atoms with E-state index in [4.69, 9.17) is 4.74 Å². The van der Waals surface area contributed by atoms with Gasteiger partial charge in [-0.1, -0.05) is 12.1 Å². The average molecular weight is 394 g/mol. The highest BCUT2D eigenvalue weighted by molar-refractivity contribution is 5.91. The second-order valence-electron chi connectivity index (χ2n) is 8.31. The van der Waals surface area contributed by atoms with Gasteiger partial charge in [0.2, 0.25) is 5.91 Å². The van der Waals surface area contributed by atoms with Crippen molar-refractivity contribution >= 4 is 17.3 Å². The molecule has 1 amide bonds. The number of ether oxygens (including phenoxy) is 1. The zero-order chi connectivity index (χ0) is 20.2. The zero-order valence-corrected chi connectivity index (χ0v) is 17.4. The van der Waals surface area contributed by atoms with Gasteiger partial charge in [0.25, 0.3) is 0 Å². The van der Waals surface area contributed by atoms with Gasteiger partial charge in [-0.2, -0.15) is 0 Å². The summed E-state index contributed by atoms with van der Waals surface area (Å²) in [6.45, 7) is 4.28. The van der Waals surface area contributed by atoms with E-state index < -0.39 is 0 Å². The molecule has 1 heterocycles. The van der Waals surface area contributed by atoms with Gasteiger partial charge in [0.05, 0.1) is 7.11 Å². The molecule has 1 unspecified atom stereocenters. The molecular weight excluding hydrogens is 362 g/mol. The Balaban J connectivity index is 1.35. The van der Waals surface area contributed by atoms with E-state index in [1.54, 1.807) is 7.11 Å². The van der Waals surface area contributed by atoms with Gasteiger partial charge in [-0.05, 0) is 73.7 Å². The predicted octanol–water partition coefficient (Wildman–Crippen LogP) is 3.97. The molecule has 1 aliphatic heterocycles. The molecule has 0 radical (unpaired) electrons. The molecule has 0 spiro atoms. The molecule has 0 bridgehead atoms. The maximum absolute atomic E-state index is 12.7. The molecule has 2 aromatic rings. The Hall–Kier alpha value is -2.53. The van der Waals surface area contributed by atoms with Crippen LogP contribution >= 0.6 is 0 Å². The SMILES string of the molecule is COc1ccc(C(CC(=O)Nc2ccc(N3CCN(C)CC3)cc2)C2CC2)cc1. The maximum atomic E-state index is 12.7. The number of likely N-dealkylation sites (N-methyl/N-ethyl adjacent to an activating group) is 1. The molecule has 5 heteroatoms. The quantitative estimate of drug-likeness (QED) is 0.773. The standard InChI is InChI=1S/C24H31N3O2/c1-26-13-15-27(16-14-26)21-9-7-20(8-10-21)25-24(28)17-23(18-3-4-18)19-5-11-22(29-2)12-6-19/h5-12,18,23H,3-4,13-17H2,1-2H3,(H,25,28). The smallest absolute Gasteiger partial charge is 0.224 e. The first-order chi connectivity index (χ1) is 14.1. The van der Waals surface area contributed by atoms with E-state index in [0.717, 1.165) is 37.6 Å². The number of benzene rings is 2. The lowest BCUT2D eigenvalue weighted by Crippen LogP contribution is -2.44. The van der Waals surface area contributed by atoms with E-state index in [1.807, 2.05) is 24.3 Å². The Kier molecular flexibility index (Phi) is 6.05. The van der Waals surface area contributed by atoms with Crippen LogP contribution in [0.5, 0.6) is 5.75 Å². The third-order valence-corrected chi connectivity index (χ3v) is 6.16. The molecule has 0 aromatic heterocycles. The third-order valence-electron chi connectivity index (χ3n) is 6.16. The van der Waals surface area contributed by atoms with Gasteiger partial charge in [0.1, 0.15) is 5.75 Å². The molecule has 1 atom stereocenters. The molecular formula is C24H31N3O2. The fraction of sp³-hybridized carbons (Fsp3) is 0.458. The second-order valence-corrected chi connectivity index (χ2v) is 8.31. The van der Waals surface area contributed by atoms with Crippen molar-refractivity contribution < 1.29 is 9.53 Å². The van der Waals surface area contributed by atoms with Crippen LogP contribution in [0, 0.1) is 5.92 Å². The highest BCUT2D eigenvalue weighted by Gasteiger charge is 2.33. The van der Waals surface area contributed by atoms with Crippen LogP contribution in [0.15, 0.2) is 48.5 Å². The summed E-state index contributed by atoms with van der Waals surface area (Å²) in [5.41, 5.74) is 3.33. The Morgan fingerprint density at radius 1 is 1.03 bits per heavy atom. The minimum absolute atomic E-state index is 0.0880. The summed E-state index contributed by atoms with van der Waals surface area (Å²) in [5.74, 6) is 1.84. The summed E-state index contributed by atoms with van der Waals surface area (Å²) in [4.78, 5) is 17.5. The highest BCUT2D eigenvalue weighted by Crippen LogP contribution is 2.44. The van der Waals surface area contributed by atoms with Crippen molar-refractivity contribution in [2.75, 3.05) is 50.6 Å². The summed E-state index contributed by atoms with van der Waals surface area (Å²) in [7, 11) is 3.84.